The van der Waals surface area contributed by atoms with E-state index in [1.54, 1.807) is 4.90 Å². The van der Waals surface area contributed by atoms with Gasteiger partial charge in [-0.2, -0.15) is 4.31 Å². The molecule has 16 heavy (non-hydrogen) atoms. The van der Waals surface area contributed by atoms with Gasteiger partial charge in [0.2, 0.25) is 15.9 Å². The van der Waals surface area contributed by atoms with Crippen LogP contribution in [-0.4, -0.2) is 56.0 Å². The lowest BCUT2D eigenvalue weighted by atomic mass is 10.2. The van der Waals surface area contributed by atoms with E-state index in [9.17, 15) is 13.2 Å². The summed E-state index contributed by atoms with van der Waals surface area (Å²) in [4.78, 5) is 13.7. The number of piperazine rings is 1. The fraction of sp³-hybridized carbons (Fsp3) is 0.900. The van der Waals surface area contributed by atoms with Crippen molar-refractivity contribution in [1.82, 2.24) is 9.21 Å². The predicted molar refractivity (Wildman–Crippen MR) is 60.3 cm³/mol. The maximum absolute atomic E-state index is 11.9. The second-order valence-electron chi connectivity index (χ2n) is 4.81. The fourth-order valence-corrected chi connectivity index (χ4v) is 2.97. The number of hydrogen-bond donors (Lipinski definition) is 0. The molecular formula is C10H18N2O3S. The Bertz CT molecular complexity index is 385. The Morgan fingerprint density at radius 1 is 1.19 bits per heavy atom. The summed E-state index contributed by atoms with van der Waals surface area (Å²) < 4.78 is 24.0. The molecule has 1 aliphatic heterocycles. The summed E-state index contributed by atoms with van der Waals surface area (Å²) >= 11 is 0. The minimum absolute atomic E-state index is 0.199. The lowest BCUT2D eigenvalue weighted by Gasteiger charge is -2.33. The van der Waals surface area contributed by atoms with Gasteiger partial charge in [-0.1, -0.05) is 6.92 Å². The molecule has 1 saturated heterocycles. The van der Waals surface area contributed by atoms with Crippen LogP contribution in [0, 0.1) is 11.8 Å². The van der Waals surface area contributed by atoms with Crippen molar-refractivity contribution in [2.45, 2.75) is 13.3 Å². The van der Waals surface area contributed by atoms with Gasteiger partial charge in [0.1, 0.15) is 0 Å². The van der Waals surface area contributed by atoms with E-state index in [0.717, 1.165) is 6.42 Å². The Morgan fingerprint density at radius 2 is 1.69 bits per heavy atom. The molecule has 0 radical (unpaired) electrons. The van der Waals surface area contributed by atoms with Gasteiger partial charge in [0, 0.05) is 32.1 Å². The number of sulfonamides is 1. The monoisotopic (exact) mass is 246 g/mol. The molecule has 1 saturated carbocycles. The summed E-state index contributed by atoms with van der Waals surface area (Å²) in [5.41, 5.74) is 0. The first-order valence-corrected chi connectivity index (χ1v) is 7.48. The molecule has 0 spiro atoms. The zero-order chi connectivity index (χ0) is 11.9. The van der Waals surface area contributed by atoms with Crippen LogP contribution in [0.4, 0.5) is 0 Å². The largest absolute Gasteiger partial charge is 0.340 e. The van der Waals surface area contributed by atoms with E-state index < -0.39 is 10.0 Å². The van der Waals surface area contributed by atoms with Gasteiger partial charge in [-0.05, 0) is 12.3 Å². The highest BCUT2D eigenvalue weighted by Crippen LogP contribution is 2.39. The van der Waals surface area contributed by atoms with Crippen molar-refractivity contribution in [2.75, 3.05) is 32.4 Å². The van der Waals surface area contributed by atoms with Gasteiger partial charge in [0.15, 0.2) is 0 Å². The van der Waals surface area contributed by atoms with Crippen molar-refractivity contribution in [1.29, 1.82) is 0 Å². The molecule has 0 unspecified atom stereocenters. The molecule has 2 rings (SSSR count). The molecule has 1 aliphatic carbocycles. The van der Waals surface area contributed by atoms with Crippen molar-refractivity contribution in [3.63, 3.8) is 0 Å². The minimum atomic E-state index is -3.10. The Kier molecular flexibility index (Phi) is 2.96. The fourth-order valence-electron chi connectivity index (χ4n) is 2.14. The van der Waals surface area contributed by atoms with Crippen molar-refractivity contribution < 1.29 is 13.2 Å². The summed E-state index contributed by atoms with van der Waals surface area (Å²) in [6.45, 7) is 4.02. The van der Waals surface area contributed by atoms with Crippen LogP contribution in [0.2, 0.25) is 0 Å². The Balaban J connectivity index is 1.88. The van der Waals surface area contributed by atoms with Crippen LogP contribution in [-0.2, 0) is 14.8 Å². The minimum Gasteiger partial charge on any atom is -0.340 e. The summed E-state index contributed by atoms with van der Waals surface area (Å²) in [5, 5.41) is 0. The first kappa shape index (κ1) is 11.9. The Morgan fingerprint density at radius 3 is 2.06 bits per heavy atom. The third-order valence-corrected chi connectivity index (χ3v) is 4.75. The van der Waals surface area contributed by atoms with Crippen LogP contribution in [0.25, 0.3) is 0 Å². The molecule has 92 valence electrons. The van der Waals surface area contributed by atoms with E-state index in [1.165, 1.54) is 10.6 Å². The van der Waals surface area contributed by atoms with Crippen LogP contribution in [0.15, 0.2) is 0 Å². The van der Waals surface area contributed by atoms with Gasteiger partial charge >= 0.3 is 0 Å². The molecule has 0 aromatic heterocycles. The van der Waals surface area contributed by atoms with Gasteiger partial charge in [-0.15, -0.1) is 0 Å². The van der Waals surface area contributed by atoms with Crippen molar-refractivity contribution in [3.05, 3.63) is 0 Å². The predicted octanol–water partition coefficient (Wildman–Crippen LogP) is -0.254. The Labute approximate surface area is 96.5 Å². The quantitative estimate of drug-likeness (QED) is 0.675. The van der Waals surface area contributed by atoms with Gasteiger partial charge in [0.25, 0.3) is 0 Å². The standard InChI is InChI=1S/C10H18N2O3S/c1-8-7-9(8)10(13)11-3-5-12(6-4-11)16(2,14)15/h8-9H,3-7H2,1-2H3/t8-,9+/m1/s1. The van der Waals surface area contributed by atoms with E-state index in [2.05, 4.69) is 6.92 Å². The SMILES string of the molecule is C[C@@H]1C[C@@H]1C(=O)N1CCN(S(C)(=O)=O)CC1. The molecule has 2 aliphatic rings. The van der Waals surface area contributed by atoms with Gasteiger partial charge in [-0.3, -0.25) is 4.79 Å². The summed E-state index contributed by atoms with van der Waals surface area (Å²) in [7, 11) is -3.10. The average molecular weight is 246 g/mol. The molecule has 6 heteroatoms. The van der Waals surface area contributed by atoms with Crippen LogP contribution < -0.4 is 0 Å². The molecular weight excluding hydrogens is 228 g/mol. The molecule has 0 bridgehead atoms. The van der Waals surface area contributed by atoms with E-state index in [0.29, 0.717) is 32.1 Å². The molecule has 2 fully saturated rings. The second kappa shape index (κ2) is 4.00. The highest BCUT2D eigenvalue weighted by Gasteiger charge is 2.42. The van der Waals surface area contributed by atoms with E-state index >= 15 is 0 Å². The maximum atomic E-state index is 11.9. The highest BCUT2D eigenvalue weighted by molar-refractivity contribution is 7.88. The van der Waals surface area contributed by atoms with Crippen LogP contribution in [0.5, 0.6) is 0 Å². The van der Waals surface area contributed by atoms with E-state index in [-0.39, 0.29) is 11.8 Å². The van der Waals surface area contributed by atoms with Crippen molar-refractivity contribution in [2.24, 2.45) is 11.8 Å². The number of carbonyl (C=O) groups excluding carboxylic acids is 1. The summed E-state index contributed by atoms with van der Waals surface area (Å²) in [6, 6.07) is 0. The molecule has 1 amide bonds. The summed E-state index contributed by atoms with van der Waals surface area (Å²) in [5.74, 6) is 0.922. The van der Waals surface area contributed by atoms with Crippen LogP contribution in [0.3, 0.4) is 0 Å². The van der Waals surface area contributed by atoms with Crippen LogP contribution in [0.1, 0.15) is 13.3 Å². The first-order chi connectivity index (χ1) is 7.39. The molecule has 0 aromatic rings. The number of rotatable bonds is 2. The van der Waals surface area contributed by atoms with E-state index in [4.69, 9.17) is 0 Å². The topological polar surface area (TPSA) is 57.7 Å². The smallest absolute Gasteiger partial charge is 0.226 e. The zero-order valence-corrected chi connectivity index (χ0v) is 10.5. The summed E-state index contributed by atoms with van der Waals surface area (Å²) in [6.07, 6.45) is 2.21. The van der Waals surface area contributed by atoms with Crippen LogP contribution >= 0.6 is 0 Å². The van der Waals surface area contributed by atoms with Gasteiger partial charge in [0.05, 0.1) is 6.26 Å². The lowest BCUT2D eigenvalue weighted by molar-refractivity contribution is -0.134. The molecule has 0 aromatic carbocycles. The van der Waals surface area contributed by atoms with Crippen molar-refractivity contribution in [3.8, 4) is 0 Å². The number of hydrogen-bond acceptors (Lipinski definition) is 3. The van der Waals surface area contributed by atoms with Gasteiger partial charge < -0.3 is 4.90 Å². The Hall–Kier alpha value is -0.620. The third kappa shape index (κ3) is 2.38. The molecule has 1 heterocycles. The van der Waals surface area contributed by atoms with Gasteiger partial charge in [-0.25, -0.2) is 8.42 Å². The number of carbonyl (C=O) groups is 1. The first-order valence-electron chi connectivity index (χ1n) is 5.63. The normalized spacial score (nSPS) is 31.5. The molecule has 0 N–H and O–H groups in total. The lowest BCUT2D eigenvalue weighted by Crippen LogP contribution is -2.50. The molecule has 2 atom stereocenters. The highest BCUT2D eigenvalue weighted by atomic mass is 32.2. The number of amides is 1. The van der Waals surface area contributed by atoms with Crippen molar-refractivity contribution >= 4 is 15.9 Å². The van der Waals surface area contributed by atoms with E-state index in [1.807, 2.05) is 0 Å². The average Bonchev–Trinajstić information content (AvgIpc) is 2.93. The maximum Gasteiger partial charge on any atom is 0.226 e. The third-order valence-electron chi connectivity index (χ3n) is 3.45. The molecule has 5 nitrogen and oxygen atoms in total. The number of nitrogens with zero attached hydrogens (tertiary/aromatic N) is 2. The zero-order valence-electron chi connectivity index (χ0n) is 9.72. The second-order valence-corrected chi connectivity index (χ2v) is 6.79.